The Morgan fingerprint density at radius 2 is 2.21 bits per heavy atom. The van der Waals surface area contributed by atoms with Crippen LogP contribution in [0.5, 0.6) is 0 Å². The van der Waals surface area contributed by atoms with Gasteiger partial charge in [0.1, 0.15) is 0 Å². The number of hydrogen-bond donors (Lipinski definition) is 1. The zero-order valence-corrected chi connectivity index (χ0v) is 9.08. The Morgan fingerprint density at radius 1 is 1.43 bits per heavy atom. The van der Waals surface area contributed by atoms with Gasteiger partial charge in [-0.2, -0.15) is 4.98 Å². The molecule has 1 rings (SSSR count). The first kappa shape index (κ1) is 11.0. The predicted octanol–water partition coefficient (Wildman–Crippen LogP) is 0.996. The Labute approximate surface area is 84.5 Å². The van der Waals surface area contributed by atoms with E-state index in [4.69, 9.17) is 4.52 Å². The van der Waals surface area contributed by atoms with E-state index in [1.807, 2.05) is 6.92 Å². The lowest BCUT2D eigenvalue weighted by atomic mass is 10.4. The zero-order valence-electron chi connectivity index (χ0n) is 9.08. The van der Waals surface area contributed by atoms with Crippen molar-refractivity contribution in [3.8, 4) is 0 Å². The van der Waals surface area contributed by atoms with E-state index < -0.39 is 0 Å². The van der Waals surface area contributed by atoms with Gasteiger partial charge in [0.25, 0.3) is 0 Å². The van der Waals surface area contributed by atoms with Gasteiger partial charge in [0.05, 0.1) is 0 Å². The summed E-state index contributed by atoms with van der Waals surface area (Å²) in [7, 11) is 4.11. The summed E-state index contributed by atoms with van der Waals surface area (Å²) in [6.45, 7) is 3.92. The van der Waals surface area contributed by atoms with Crippen LogP contribution in [0.1, 0.15) is 19.2 Å². The molecule has 1 aromatic rings. The molecule has 0 saturated heterocycles. The van der Waals surface area contributed by atoms with Crippen LogP contribution >= 0.6 is 0 Å². The van der Waals surface area contributed by atoms with Crippen molar-refractivity contribution in [2.75, 3.05) is 32.5 Å². The summed E-state index contributed by atoms with van der Waals surface area (Å²) < 4.78 is 4.98. The molecular formula is C9H18N4O. The Kier molecular flexibility index (Phi) is 4.39. The van der Waals surface area contributed by atoms with Crippen LogP contribution in [0.15, 0.2) is 4.52 Å². The van der Waals surface area contributed by atoms with E-state index in [1.165, 1.54) is 0 Å². The van der Waals surface area contributed by atoms with Crippen molar-refractivity contribution in [3.63, 3.8) is 0 Å². The summed E-state index contributed by atoms with van der Waals surface area (Å²) in [5.74, 6) is 0.750. The average Bonchev–Trinajstić information content (AvgIpc) is 2.60. The van der Waals surface area contributed by atoms with Crippen molar-refractivity contribution in [1.29, 1.82) is 0 Å². The molecule has 5 nitrogen and oxygen atoms in total. The van der Waals surface area contributed by atoms with Crippen molar-refractivity contribution in [2.45, 2.75) is 19.8 Å². The first-order chi connectivity index (χ1) is 6.72. The molecule has 1 heterocycles. The number of rotatable bonds is 6. The van der Waals surface area contributed by atoms with Crippen LogP contribution in [-0.2, 0) is 6.42 Å². The molecule has 0 radical (unpaired) electrons. The average molecular weight is 198 g/mol. The molecular weight excluding hydrogens is 180 g/mol. The van der Waals surface area contributed by atoms with Crippen molar-refractivity contribution in [3.05, 3.63) is 5.82 Å². The Morgan fingerprint density at radius 3 is 2.79 bits per heavy atom. The lowest BCUT2D eigenvalue weighted by molar-refractivity contribution is 0.399. The molecule has 1 aromatic heterocycles. The van der Waals surface area contributed by atoms with Crippen LogP contribution in [0.25, 0.3) is 0 Å². The fourth-order valence-electron chi connectivity index (χ4n) is 1.06. The Balaban J connectivity index is 2.18. The molecule has 0 unspecified atom stereocenters. The van der Waals surface area contributed by atoms with Gasteiger partial charge in [-0.3, -0.25) is 0 Å². The van der Waals surface area contributed by atoms with E-state index in [1.54, 1.807) is 0 Å². The molecule has 80 valence electrons. The second kappa shape index (κ2) is 5.59. The van der Waals surface area contributed by atoms with E-state index >= 15 is 0 Å². The normalized spacial score (nSPS) is 10.9. The van der Waals surface area contributed by atoms with Gasteiger partial charge in [-0.25, -0.2) is 0 Å². The summed E-state index contributed by atoms with van der Waals surface area (Å²) in [5.41, 5.74) is 0. The predicted molar refractivity (Wildman–Crippen MR) is 55.3 cm³/mol. The smallest absolute Gasteiger partial charge is 0.321 e. The summed E-state index contributed by atoms with van der Waals surface area (Å²) in [6, 6.07) is 0.528. The minimum atomic E-state index is 0.528. The number of aromatic nitrogens is 2. The zero-order chi connectivity index (χ0) is 10.4. The molecule has 14 heavy (non-hydrogen) atoms. The third-order valence-corrected chi connectivity index (χ3v) is 1.84. The Bertz CT molecular complexity index is 259. The minimum absolute atomic E-state index is 0.528. The van der Waals surface area contributed by atoms with Crippen molar-refractivity contribution in [1.82, 2.24) is 15.0 Å². The third-order valence-electron chi connectivity index (χ3n) is 1.84. The highest BCUT2D eigenvalue weighted by molar-refractivity contribution is 5.17. The summed E-state index contributed by atoms with van der Waals surface area (Å²) in [4.78, 5) is 6.29. The molecule has 1 N–H and O–H groups in total. The van der Waals surface area contributed by atoms with E-state index in [0.717, 1.165) is 31.8 Å². The van der Waals surface area contributed by atoms with Gasteiger partial charge in [-0.15, -0.1) is 0 Å². The van der Waals surface area contributed by atoms with E-state index in [-0.39, 0.29) is 0 Å². The highest BCUT2D eigenvalue weighted by Gasteiger charge is 2.02. The maximum atomic E-state index is 4.98. The molecule has 0 aliphatic rings. The van der Waals surface area contributed by atoms with Crippen molar-refractivity contribution < 1.29 is 4.52 Å². The summed E-state index contributed by atoms with van der Waals surface area (Å²) in [5, 5.41) is 6.88. The standard InChI is InChI=1S/C9H18N4O/c1-4-8-11-9(14-12-8)10-6-5-7-13(2)3/h4-7H2,1-3H3,(H,10,11,12). The largest absolute Gasteiger partial charge is 0.338 e. The number of hydrogen-bond acceptors (Lipinski definition) is 5. The second-order valence-corrected chi connectivity index (χ2v) is 3.45. The molecule has 0 aromatic carbocycles. The van der Waals surface area contributed by atoms with Crippen molar-refractivity contribution in [2.24, 2.45) is 0 Å². The molecule has 0 aliphatic carbocycles. The molecule has 0 aliphatic heterocycles. The quantitative estimate of drug-likeness (QED) is 0.691. The number of anilines is 1. The number of nitrogens with one attached hydrogen (secondary N) is 1. The van der Waals surface area contributed by atoms with Crippen molar-refractivity contribution >= 4 is 6.01 Å². The van der Waals surface area contributed by atoms with Gasteiger partial charge in [0.2, 0.25) is 0 Å². The number of nitrogens with zero attached hydrogens (tertiary/aromatic N) is 3. The SMILES string of the molecule is CCc1noc(NCCCN(C)C)n1. The second-order valence-electron chi connectivity index (χ2n) is 3.45. The minimum Gasteiger partial charge on any atom is -0.338 e. The van der Waals surface area contributed by atoms with E-state index in [0.29, 0.717) is 6.01 Å². The first-order valence-corrected chi connectivity index (χ1v) is 4.93. The molecule has 0 atom stereocenters. The lowest BCUT2D eigenvalue weighted by Gasteiger charge is -2.08. The van der Waals surface area contributed by atoms with Gasteiger partial charge in [-0.1, -0.05) is 12.1 Å². The van der Waals surface area contributed by atoms with E-state index in [2.05, 4.69) is 34.5 Å². The molecule has 0 bridgehead atoms. The van der Waals surface area contributed by atoms with Gasteiger partial charge in [0.15, 0.2) is 5.82 Å². The van der Waals surface area contributed by atoms with Crippen LogP contribution in [0.2, 0.25) is 0 Å². The molecule has 0 spiro atoms. The van der Waals surface area contributed by atoms with Crippen LogP contribution in [0, 0.1) is 0 Å². The lowest BCUT2D eigenvalue weighted by Crippen LogP contribution is -2.16. The molecule has 0 fully saturated rings. The highest BCUT2D eigenvalue weighted by Crippen LogP contribution is 2.03. The monoisotopic (exact) mass is 198 g/mol. The van der Waals surface area contributed by atoms with Gasteiger partial charge < -0.3 is 14.7 Å². The maximum Gasteiger partial charge on any atom is 0.321 e. The Hall–Kier alpha value is -1.10. The number of aryl methyl sites for hydroxylation is 1. The highest BCUT2D eigenvalue weighted by atomic mass is 16.5. The van der Waals surface area contributed by atoms with Crippen LogP contribution in [-0.4, -0.2) is 42.2 Å². The fraction of sp³-hybridized carbons (Fsp3) is 0.778. The maximum absolute atomic E-state index is 4.98. The molecule has 5 heteroatoms. The first-order valence-electron chi connectivity index (χ1n) is 4.93. The molecule has 0 amide bonds. The fourth-order valence-corrected chi connectivity index (χ4v) is 1.06. The van der Waals surface area contributed by atoms with Gasteiger partial charge >= 0.3 is 6.01 Å². The molecule has 0 saturated carbocycles. The van der Waals surface area contributed by atoms with Gasteiger partial charge in [0, 0.05) is 13.0 Å². The summed E-state index contributed by atoms with van der Waals surface area (Å²) in [6.07, 6.45) is 1.87. The van der Waals surface area contributed by atoms with Gasteiger partial charge in [-0.05, 0) is 27.1 Å². The summed E-state index contributed by atoms with van der Waals surface area (Å²) >= 11 is 0. The van der Waals surface area contributed by atoms with Crippen LogP contribution in [0.4, 0.5) is 6.01 Å². The van der Waals surface area contributed by atoms with E-state index in [9.17, 15) is 0 Å². The topological polar surface area (TPSA) is 54.2 Å². The van der Waals surface area contributed by atoms with Crippen LogP contribution in [0.3, 0.4) is 0 Å². The third kappa shape index (κ3) is 3.74. The van der Waals surface area contributed by atoms with Crippen LogP contribution < -0.4 is 5.32 Å².